The summed E-state index contributed by atoms with van der Waals surface area (Å²) in [5, 5.41) is 14.7. The molecule has 0 aliphatic rings. The van der Waals surface area contributed by atoms with Crippen LogP contribution >= 0.6 is 12.2 Å². The van der Waals surface area contributed by atoms with Crippen molar-refractivity contribution in [2.24, 2.45) is 0 Å². The van der Waals surface area contributed by atoms with Gasteiger partial charge in [0.25, 0.3) is 5.91 Å². The van der Waals surface area contributed by atoms with Gasteiger partial charge < -0.3 is 10.4 Å². The molecule has 0 aromatic heterocycles. The minimum atomic E-state index is -1.01. The lowest BCUT2D eigenvalue weighted by Crippen LogP contribution is -2.34. The van der Waals surface area contributed by atoms with Crippen molar-refractivity contribution in [2.45, 2.75) is 26.7 Å². The van der Waals surface area contributed by atoms with Crippen LogP contribution in [0.4, 0.5) is 5.69 Å². The Kier molecular flexibility index (Phi) is 5.88. The molecular formula is C19H20N2O3S. The molecule has 0 saturated heterocycles. The zero-order chi connectivity index (χ0) is 18.6. The molecule has 2 aromatic carbocycles. The van der Waals surface area contributed by atoms with Gasteiger partial charge in [-0.25, -0.2) is 4.79 Å². The zero-order valence-corrected chi connectivity index (χ0v) is 15.1. The molecule has 0 bridgehead atoms. The summed E-state index contributed by atoms with van der Waals surface area (Å²) in [6, 6.07) is 12.2. The van der Waals surface area contributed by atoms with Crippen molar-refractivity contribution < 1.29 is 14.7 Å². The van der Waals surface area contributed by atoms with E-state index in [0.29, 0.717) is 22.7 Å². The number of nitrogens with one attached hydrogen (secondary N) is 2. The zero-order valence-electron chi connectivity index (χ0n) is 14.3. The fourth-order valence-corrected chi connectivity index (χ4v) is 2.55. The molecular weight excluding hydrogens is 336 g/mol. The minimum absolute atomic E-state index is 0.114. The molecule has 0 aliphatic carbocycles. The SMILES string of the molecule is Cc1c(NC(=S)NC(=O)c2ccc(C(C)C)cc2)cccc1C(=O)O. The van der Waals surface area contributed by atoms with Crippen molar-refractivity contribution in [3.8, 4) is 0 Å². The molecule has 0 spiro atoms. The molecule has 0 heterocycles. The van der Waals surface area contributed by atoms with Gasteiger partial charge in [0.05, 0.1) is 5.56 Å². The molecule has 0 unspecified atom stereocenters. The highest BCUT2D eigenvalue weighted by Gasteiger charge is 2.13. The number of carbonyl (C=O) groups excluding carboxylic acids is 1. The Morgan fingerprint density at radius 3 is 2.28 bits per heavy atom. The maximum Gasteiger partial charge on any atom is 0.336 e. The quantitative estimate of drug-likeness (QED) is 0.723. The molecule has 1 amide bonds. The molecule has 0 atom stereocenters. The van der Waals surface area contributed by atoms with Crippen molar-refractivity contribution in [3.63, 3.8) is 0 Å². The lowest BCUT2D eigenvalue weighted by molar-refractivity contribution is 0.0696. The van der Waals surface area contributed by atoms with Crippen LogP contribution in [-0.2, 0) is 0 Å². The van der Waals surface area contributed by atoms with Crippen molar-refractivity contribution in [2.75, 3.05) is 5.32 Å². The first-order valence-electron chi connectivity index (χ1n) is 7.84. The molecule has 3 N–H and O–H groups in total. The average molecular weight is 356 g/mol. The third-order valence-corrected chi connectivity index (χ3v) is 4.08. The number of rotatable bonds is 4. The molecule has 130 valence electrons. The van der Waals surface area contributed by atoms with Crippen molar-refractivity contribution in [3.05, 3.63) is 64.7 Å². The Hall–Kier alpha value is -2.73. The van der Waals surface area contributed by atoms with Gasteiger partial charge >= 0.3 is 5.97 Å². The normalized spacial score (nSPS) is 10.4. The van der Waals surface area contributed by atoms with Gasteiger partial charge in [-0.15, -0.1) is 0 Å². The van der Waals surface area contributed by atoms with E-state index in [0.717, 1.165) is 5.56 Å². The Morgan fingerprint density at radius 1 is 1.08 bits per heavy atom. The summed E-state index contributed by atoms with van der Waals surface area (Å²) in [5.74, 6) is -0.939. The number of amides is 1. The first kappa shape index (κ1) is 18.6. The first-order chi connectivity index (χ1) is 11.8. The van der Waals surface area contributed by atoms with E-state index in [1.807, 2.05) is 12.1 Å². The largest absolute Gasteiger partial charge is 0.478 e. The number of hydrogen-bond acceptors (Lipinski definition) is 3. The third kappa shape index (κ3) is 4.64. The van der Waals surface area contributed by atoms with Crippen LogP contribution in [-0.4, -0.2) is 22.1 Å². The lowest BCUT2D eigenvalue weighted by atomic mass is 10.0. The Bertz CT molecular complexity index is 814. The highest BCUT2D eigenvalue weighted by molar-refractivity contribution is 7.80. The van der Waals surface area contributed by atoms with E-state index in [9.17, 15) is 9.59 Å². The summed E-state index contributed by atoms with van der Waals surface area (Å²) < 4.78 is 0. The number of carboxylic acid groups (broad SMARTS) is 1. The second-order valence-electron chi connectivity index (χ2n) is 5.97. The second kappa shape index (κ2) is 7.90. The molecule has 2 rings (SSSR count). The van der Waals surface area contributed by atoms with E-state index in [1.54, 1.807) is 31.2 Å². The molecule has 0 fully saturated rings. The Balaban J connectivity index is 2.06. The standard InChI is InChI=1S/C19H20N2O3S/c1-11(2)13-7-9-14(10-8-13)17(22)21-19(25)20-16-6-4-5-15(12(16)3)18(23)24/h4-11H,1-3H3,(H,23,24)(H2,20,21,22,25). The van der Waals surface area contributed by atoms with Gasteiger partial charge in [0, 0.05) is 11.3 Å². The summed E-state index contributed by atoms with van der Waals surface area (Å²) in [4.78, 5) is 23.4. The summed E-state index contributed by atoms with van der Waals surface area (Å²) in [7, 11) is 0. The van der Waals surface area contributed by atoms with E-state index in [-0.39, 0.29) is 16.6 Å². The molecule has 2 aromatic rings. The number of anilines is 1. The van der Waals surface area contributed by atoms with Crippen LogP contribution in [0.1, 0.15) is 51.6 Å². The number of aromatic carboxylic acids is 1. The fraction of sp³-hybridized carbons (Fsp3) is 0.211. The van der Waals surface area contributed by atoms with Crippen molar-refractivity contribution >= 4 is 34.9 Å². The highest BCUT2D eigenvalue weighted by atomic mass is 32.1. The van der Waals surface area contributed by atoms with Crippen LogP contribution in [0.2, 0.25) is 0 Å². The van der Waals surface area contributed by atoms with Gasteiger partial charge in [0.2, 0.25) is 0 Å². The van der Waals surface area contributed by atoms with Crippen LogP contribution < -0.4 is 10.6 Å². The second-order valence-corrected chi connectivity index (χ2v) is 6.38. The van der Waals surface area contributed by atoms with Crippen molar-refractivity contribution in [1.82, 2.24) is 5.32 Å². The topological polar surface area (TPSA) is 78.4 Å². The predicted molar refractivity (Wildman–Crippen MR) is 102 cm³/mol. The van der Waals surface area contributed by atoms with Gasteiger partial charge in [-0.2, -0.15) is 0 Å². The van der Waals surface area contributed by atoms with Crippen LogP contribution in [0.3, 0.4) is 0 Å². The van der Waals surface area contributed by atoms with E-state index in [1.165, 1.54) is 6.07 Å². The van der Waals surface area contributed by atoms with Gasteiger partial charge in [0.15, 0.2) is 5.11 Å². The summed E-state index contributed by atoms with van der Waals surface area (Å²) in [6.45, 7) is 5.85. The van der Waals surface area contributed by atoms with Gasteiger partial charge in [-0.05, 0) is 60.5 Å². The number of hydrogen-bond donors (Lipinski definition) is 3. The van der Waals surface area contributed by atoms with Crippen LogP contribution in [0.5, 0.6) is 0 Å². The summed E-state index contributed by atoms with van der Waals surface area (Å²) >= 11 is 5.16. The maximum atomic E-state index is 12.3. The van der Waals surface area contributed by atoms with Crippen LogP contribution in [0, 0.1) is 6.92 Å². The Morgan fingerprint density at radius 2 is 1.72 bits per heavy atom. The third-order valence-electron chi connectivity index (χ3n) is 3.88. The predicted octanol–water partition coefficient (Wildman–Crippen LogP) is 3.94. The minimum Gasteiger partial charge on any atom is -0.478 e. The summed E-state index contributed by atoms with van der Waals surface area (Å²) in [5.41, 5.74) is 2.93. The van der Waals surface area contributed by atoms with Gasteiger partial charge in [-0.1, -0.05) is 32.0 Å². The lowest BCUT2D eigenvalue weighted by Gasteiger charge is -2.13. The number of thiocarbonyl (C=S) groups is 1. The van der Waals surface area contributed by atoms with Crippen LogP contribution in [0.15, 0.2) is 42.5 Å². The molecule has 0 saturated carbocycles. The van der Waals surface area contributed by atoms with E-state index in [2.05, 4.69) is 24.5 Å². The van der Waals surface area contributed by atoms with Crippen molar-refractivity contribution in [1.29, 1.82) is 0 Å². The molecule has 0 radical (unpaired) electrons. The molecule has 5 nitrogen and oxygen atoms in total. The first-order valence-corrected chi connectivity index (χ1v) is 8.25. The van der Waals surface area contributed by atoms with E-state index >= 15 is 0 Å². The molecule has 25 heavy (non-hydrogen) atoms. The average Bonchev–Trinajstić information content (AvgIpc) is 2.56. The monoisotopic (exact) mass is 356 g/mol. The fourth-order valence-electron chi connectivity index (χ4n) is 2.35. The van der Waals surface area contributed by atoms with Crippen LogP contribution in [0.25, 0.3) is 0 Å². The van der Waals surface area contributed by atoms with Gasteiger partial charge in [0.1, 0.15) is 0 Å². The van der Waals surface area contributed by atoms with Gasteiger partial charge in [-0.3, -0.25) is 10.1 Å². The maximum absolute atomic E-state index is 12.3. The molecule has 6 heteroatoms. The highest BCUT2D eigenvalue weighted by Crippen LogP contribution is 2.19. The van der Waals surface area contributed by atoms with E-state index in [4.69, 9.17) is 17.3 Å². The summed E-state index contributed by atoms with van der Waals surface area (Å²) in [6.07, 6.45) is 0. The number of carboxylic acids is 1. The smallest absolute Gasteiger partial charge is 0.336 e. The number of benzene rings is 2. The molecule has 0 aliphatic heterocycles. The number of carbonyl (C=O) groups is 2. The van der Waals surface area contributed by atoms with E-state index < -0.39 is 5.97 Å². The Labute approximate surface area is 152 Å².